The van der Waals surface area contributed by atoms with Gasteiger partial charge in [-0.2, -0.15) is 0 Å². The Morgan fingerprint density at radius 1 is 1.33 bits per heavy atom. The van der Waals surface area contributed by atoms with Gasteiger partial charge in [0.2, 0.25) is 0 Å². The lowest BCUT2D eigenvalue weighted by molar-refractivity contribution is -0.131. The highest BCUT2D eigenvalue weighted by Gasteiger charge is 1.94. The van der Waals surface area contributed by atoms with Crippen LogP contribution in [0.4, 0.5) is 0 Å². The number of carbonyl (C=O) groups is 1. The highest BCUT2D eigenvalue weighted by molar-refractivity contribution is 5.80. The topological polar surface area (TPSA) is 46.5 Å². The second-order valence-electron chi connectivity index (χ2n) is 2.80. The first-order valence-corrected chi connectivity index (χ1v) is 4.44. The summed E-state index contributed by atoms with van der Waals surface area (Å²) >= 11 is 0. The fraction of sp³-hybridized carbons (Fsp3) is 0.0833. The van der Waals surface area contributed by atoms with Crippen LogP contribution in [0.5, 0.6) is 5.75 Å². The Morgan fingerprint density at radius 2 is 2.07 bits per heavy atom. The summed E-state index contributed by atoms with van der Waals surface area (Å²) in [5, 5.41) is 8.37. The number of hydrogen-bond donors (Lipinski definition) is 1. The van der Waals surface area contributed by atoms with Crippen molar-refractivity contribution in [3.8, 4) is 5.75 Å². The Hall–Kier alpha value is -2.03. The normalized spacial score (nSPS) is 11.0. The van der Waals surface area contributed by atoms with Gasteiger partial charge in [0.05, 0.1) is 7.11 Å². The highest BCUT2D eigenvalue weighted by Crippen LogP contribution is 2.18. The van der Waals surface area contributed by atoms with Crippen LogP contribution in [0.2, 0.25) is 0 Å². The molecule has 0 aromatic heterocycles. The molecule has 0 aliphatic heterocycles. The van der Waals surface area contributed by atoms with Crippen LogP contribution in [0.3, 0.4) is 0 Å². The Balaban J connectivity index is 2.75. The van der Waals surface area contributed by atoms with Gasteiger partial charge in [0, 0.05) is 11.6 Å². The van der Waals surface area contributed by atoms with Gasteiger partial charge in [0.25, 0.3) is 0 Å². The van der Waals surface area contributed by atoms with Crippen LogP contribution < -0.4 is 4.74 Å². The van der Waals surface area contributed by atoms with Gasteiger partial charge < -0.3 is 9.84 Å². The van der Waals surface area contributed by atoms with E-state index in [0.29, 0.717) is 0 Å². The number of hydrogen-bond acceptors (Lipinski definition) is 2. The molecule has 0 spiro atoms. The smallest absolute Gasteiger partial charge is 0.328 e. The molecule has 0 aliphatic rings. The van der Waals surface area contributed by atoms with Crippen LogP contribution in [-0.2, 0) is 4.79 Å². The number of carboxylic acid groups (broad SMARTS) is 1. The molecule has 78 valence electrons. The van der Waals surface area contributed by atoms with Crippen molar-refractivity contribution in [3.63, 3.8) is 0 Å². The van der Waals surface area contributed by atoms with E-state index in [1.807, 2.05) is 24.3 Å². The predicted molar refractivity (Wildman–Crippen MR) is 58.8 cm³/mol. The summed E-state index contributed by atoms with van der Waals surface area (Å²) in [4.78, 5) is 10.2. The molecule has 3 heteroatoms. The van der Waals surface area contributed by atoms with Gasteiger partial charge in [0.15, 0.2) is 0 Å². The molecule has 0 aliphatic carbocycles. The monoisotopic (exact) mass is 204 g/mol. The van der Waals surface area contributed by atoms with E-state index in [0.717, 1.165) is 17.4 Å². The average molecular weight is 204 g/mol. The molecular formula is C12H12O3. The molecule has 0 atom stereocenters. The number of ether oxygens (including phenoxy) is 1. The number of benzene rings is 1. The Morgan fingerprint density at radius 3 is 2.73 bits per heavy atom. The SMILES string of the molecule is COc1ccccc1C=CC=CC(=O)O. The van der Waals surface area contributed by atoms with Gasteiger partial charge >= 0.3 is 5.97 Å². The number of aliphatic carboxylic acids is 1. The summed E-state index contributed by atoms with van der Waals surface area (Å²) in [6.07, 6.45) is 5.99. The van der Waals surface area contributed by atoms with Crippen molar-refractivity contribution in [2.75, 3.05) is 7.11 Å². The molecule has 0 amide bonds. The maximum Gasteiger partial charge on any atom is 0.328 e. The molecule has 0 bridgehead atoms. The number of allylic oxidation sites excluding steroid dienone is 2. The molecule has 3 nitrogen and oxygen atoms in total. The molecule has 1 aromatic rings. The number of para-hydroxylation sites is 1. The summed E-state index contributed by atoms with van der Waals surface area (Å²) < 4.78 is 5.13. The van der Waals surface area contributed by atoms with E-state index < -0.39 is 5.97 Å². The minimum absolute atomic E-state index is 0.762. The Kier molecular flexibility index (Phi) is 4.16. The lowest BCUT2D eigenvalue weighted by Crippen LogP contribution is -1.85. The minimum Gasteiger partial charge on any atom is -0.496 e. The molecule has 0 radical (unpaired) electrons. The van der Waals surface area contributed by atoms with E-state index in [1.54, 1.807) is 19.3 Å². The van der Waals surface area contributed by atoms with Gasteiger partial charge in [-0.15, -0.1) is 0 Å². The largest absolute Gasteiger partial charge is 0.496 e. The summed E-state index contributed by atoms with van der Waals surface area (Å²) in [5.74, 6) is -0.197. The third-order valence-electron chi connectivity index (χ3n) is 1.76. The van der Waals surface area contributed by atoms with E-state index in [-0.39, 0.29) is 0 Å². The summed E-state index contributed by atoms with van der Waals surface area (Å²) in [6, 6.07) is 7.51. The van der Waals surface area contributed by atoms with Crippen molar-refractivity contribution in [1.29, 1.82) is 0 Å². The van der Waals surface area contributed by atoms with Gasteiger partial charge in [-0.05, 0) is 6.07 Å². The van der Waals surface area contributed by atoms with Crippen molar-refractivity contribution in [2.45, 2.75) is 0 Å². The zero-order chi connectivity index (χ0) is 11.1. The quantitative estimate of drug-likeness (QED) is 0.605. The fourth-order valence-corrected chi connectivity index (χ4v) is 1.10. The van der Waals surface area contributed by atoms with E-state index in [4.69, 9.17) is 9.84 Å². The summed E-state index contributed by atoms with van der Waals surface area (Å²) in [5.41, 5.74) is 0.912. The highest BCUT2D eigenvalue weighted by atomic mass is 16.5. The van der Waals surface area contributed by atoms with Crippen LogP contribution in [0.25, 0.3) is 6.08 Å². The van der Waals surface area contributed by atoms with E-state index in [2.05, 4.69) is 0 Å². The molecule has 1 rings (SSSR count). The molecule has 0 fully saturated rings. The number of carboxylic acids is 1. The molecule has 0 unspecified atom stereocenters. The summed E-state index contributed by atoms with van der Waals surface area (Å²) in [7, 11) is 1.60. The Labute approximate surface area is 88.3 Å². The van der Waals surface area contributed by atoms with Crippen molar-refractivity contribution < 1.29 is 14.6 Å². The number of methoxy groups -OCH3 is 1. The van der Waals surface area contributed by atoms with Crippen molar-refractivity contribution in [3.05, 3.63) is 48.1 Å². The minimum atomic E-state index is -0.959. The van der Waals surface area contributed by atoms with E-state index in [9.17, 15) is 4.79 Å². The van der Waals surface area contributed by atoms with E-state index >= 15 is 0 Å². The maximum atomic E-state index is 10.2. The second-order valence-corrected chi connectivity index (χ2v) is 2.80. The standard InChI is InChI=1S/C12H12O3/c1-15-11-8-4-2-6-10(11)7-3-5-9-12(13)14/h2-9H,1H3,(H,13,14). The van der Waals surface area contributed by atoms with Crippen molar-refractivity contribution in [1.82, 2.24) is 0 Å². The third kappa shape index (κ3) is 3.68. The van der Waals surface area contributed by atoms with Crippen LogP contribution in [0, 0.1) is 0 Å². The molecule has 0 saturated carbocycles. The molecular weight excluding hydrogens is 192 g/mol. The first-order valence-electron chi connectivity index (χ1n) is 4.44. The van der Waals surface area contributed by atoms with Crippen LogP contribution in [0.1, 0.15) is 5.56 Å². The zero-order valence-corrected chi connectivity index (χ0v) is 8.38. The van der Waals surface area contributed by atoms with Gasteiger partial charge in [-0.3, -0.25) is 0 Å². The molecule has 0 saturated heterocycles. The van der Waals surface area contributed by atoms with Gasteiger partial charge in [-0.1, -0.05) is 36.4 Å². The molecule has 1 aromatic carbocycles. The van der Waals surface area contributed by atoms with Crippen LogP contribution in [-0.4, -0.2) is 18.2 Å². The third-order valence-corrected chi connectivity index (χ3v) is 1.76. The van der Waals surface area contributed by atoms with Gasteiger partial charge in [0.1, 0.15) is 5.75 Å². The molecule has 0 heterocycles. The molecule has 1 N–H and O–H groups in total. The maximum absolute atomic E-state index is 10.2. The first kappa shape index (κ1) is 11.0. The summed E-state index contributed by atoms with van der Waals surface area (Å²) in [6.45, 7) is 0. The Bertz CT molecular complexity index is 392. The van der Waals surface area contributed by atoms with Crippen LogP contribution >= 0.6 is 0 Å². The van der Waals surface area contributed by atoms with E-state index in [1.165, 1.54) is 6.08 Å². The zero-order valence-electron chi connectivity index (χ0n) is 8.38. The fourth-order valence-electron chi connectivity index (χ4n) is 1.10. The number of rotatable bonds is 4. The van der Waals surface area contributed by atoms with Gasteiger partial charge in [-0.25, -0.2) is 4.79 Å². The lowest BCUT2D eigenvalue weighted by Gasteiger charge is -2.02. The van der Waals surface area contributed by atoms with Crippen molar-refractivity contribution in [2.24, 2.45) is 0 Å². The molecule has 15 heavy (non-hydrogen) atoms. The average Bonchev–Trinajstić information content (AvgIpc) is 2.24. The van der Waals surface area contributed by atoms with Crippen molar-refractivity contribution >= 4 is 12.0 Å². The predicted octanol–water partition coefficient (Wildman–Crippen LogP) is 2.35. The van der Waals surface area contributed by atoms with Crippen LogP contribution in [0.15, 0.2) is 42.5 Å². The second kappa shape index (κ2) is 5.65. The first-order chi connectivity index (χ1) is 7.24. The lowest BCUT2D eigenvalue weighted by atomic mass is 10.2.